The van der Waals surface area contributed by atoms with Crippen molar-refractivity contribution in [1.82, 2.24) is 0 Å². The van der Waals surface area contributed by atoms with Crippen molar-refractivity contribution in [3.05, 3.63) is 116 Å². The van der Waals surface area contributed by atoms with E-state index in [9.17, 15) is 4.79 Å². The molecule has 2 aliphatic rings. The van der Waals surface area contributed by atoms with Crippen molar-refractivity contribution in [2.24, 2.45) is 4.99 Å². The third kappa shape index (κ3) is 6.39. The summed E-state index contributed by atoms with van der Waals surface area (Å²) in [6.07, 6.45) is 3.64. The Morgan fingerprint density at radius 2 is 1.49 bits per heavy atom. The van der Waals surface area contributed by atoms with Crippen LogP contribution in [0.2, 0.25) is 10.0 Å². The zero-order valence-corrected chi connectivity index (χ0v) is 25.9. The average Bonchev–Trinajstić information content (AvgIpc) is 3.60. The number of thioether (sulfide) groups is 1. The molecule has 0 aromatic heterocycles. The maximum absolute atomic E-state index is 13.8. The lowest BCUT2D eigenvalue weighted by molar-refractivity contribution is -0.113. The summed E-state index contributed by atoms with van der Waals surface area (Å²) in [5.74, 6) is 1.57. The van der Waals surface area contributed by atoms with Crippen molar-refractivity contribution in [3.8, 4) is 17.2 Å². The van der Waals surface area contributed by atoms with Crippen LogP contribution in [0, 0.1) is 0 Å². The molecule has 218 valence electrons. The normalized spacial score (nSPS) is 16.0. The van der Waals surface area contributed by atoms with E-state index < -0.39 is 0 Å². The average molecular weight is 632 g/mol. The second kappa shape index (κ2) is 12.8. The van der Waals surface area contributed by atoms with Gasteiger partial charge in [0.2, 0.25) is 6.79 Å². The van der Waals surface area contributed by atoms with Crippen LogP contribution < -0.4 is 19.1 Å². The van der Waals surface area contributed by atoms with Gasteiger partial charge in [-0.15, -0.1) is 0 Å². The first-order valence-electron chi connectivity index (χ1n) is 13.9. The topological polar surface area (TPSA) is 60.4 Å². The summed E-state index contributed by atoms with van der Waals surface area (Å²) in [5, 5.41) is 1.26. The Hall–Kier alpha value is -3.91. The fourth-order valence-corrected chi connectivity index (χ4v) is 6.33. The summed E-state index contributed by atoms with van der Waals surface area (Å²) in [6.45, 7) is 4.66. The molecule has 1 saturated heterocycles. The Morgan fingerprint density at radius 1 is 0.860 bits per heavy atom. The van der Waals surface area contributed by atoms with Gasteiger partial charge >= 0.3 is 0 Å². The molecule has 2 aliphatic heterocycles. The molecule has 0 bridgehead atoms. The van der Waals surface area contributed by atoms with Crippen LogP contribution in [0.5, 0.6) is 17.2 Å². The highest BCUT2D eigenvalue weighted by molar-refractivity contribution is 8.19. The number of carbonyl (C=O) groups is 1. The van der Waals surface area contributed by atoms with Crippen LogP contribution in [0.25, 0.3) is 6.08 Å². The summed E-state index contributed by atoms with van der Waals surface area (Å²) in [5.41, 5.74) is 5.51. The third-order valence-electron chi connectivity index (χ3n) is 7.12. The van der Waals surface area contributed by atoms with E-state index >= 15 is 0 Å². The lowest BCUT2D eigenvalue weighted by atomic mass is 10.1. The van der Waals surface area contributed by atoms with E-state index in [0.29, 0.717) is 42.9 Å². The number of hydrogen-bond acceptors (Lipinski definition) is 6. The molecule has 2 heterocycles. The van der Waals surface area contributed by atoms with Gasteiger partial charge in [0.05, 0.1) is 26.3 Å². The van der Waals surface area contributed by atoms with Gasteiger partial charge in [0.1, 0.15) is 6.61 Å². The molecule has 0 aliphatic carbocycles. The molecule has 1 fully saturated rings. The lowest BCUT2D eigenvalue weighted by Gasteiger charge is -2.16. The fourth-order valence-electron chi connectivity index (χ4n) is 4.71. The minimum atomic E-state index is -0.173. The van der Waals surface area contributed by atoms with Gasteiger partial charge < -0.3 is 14.2 Å². The van der Waals surface area contributed by atoms with Crippen LogP contribution in [-0.2, 0) is 24.2 Å². The first kappa shape index (κ1) is 29.2. The van der Waals surface area contributed by atoms with Crippen LogP contribution in [0.15, 0.2) is 88.8 Å². The van der Waals surface area contributed by atoms with Gasteiger partial charge in [-0.1, -0.05) is 67.4 Å². The second-order valence-corrected chi connectivity index (χ2v) is 11.8. The standard InChI is InChI=1S/C34H28Cl2N2O4S/c1-3-21-5-10-25(11-6-21)37-34-38(26-12-7-22(4-2)8-13-26)33(39)31(43-34)18-24-15-27(35)32(28(36)16-24)40-19-23-9-14-29-30(17-23)42-20-41-29/h5-18H,3-4,19-20H2,1-2H3/b31-18-,37-34?. The number of nitrogens with zero attached hydrogens (tertiary/aromatic N) is 2. The van der Waals surface area contributed by atoms with Gasteiger partial charge in [0, 0.05) is 0 Å². The van der Waals surface area contributed by atoms with Crippen LogP contribution in [0.4, 0.5) is 11.4 Å². The van der Waals surface area contributed by atoms with Gasteiger partial charge in [-0.2, -0.15) is 0 Å². The zero-order chi connectivity index (χ0) is 29.9. The molecule has 1 amide bonds. The van der Waals surface area contributed by atoms with E-state index in [1.807, 2.05) is 54.6 Å². The van der Waals surface area contributed by atoms with Gasteiger partial charge in [-0.3, -0.25) is 9.69 Å². The van der Waals surface area contributed by atoms with E-state index in [4.69, 9.17) is 42.4 Å². The number of amidine groups is 1. The molecule has 0 N–H and O–H groups in total. The van der Waals surface area contributed by atoms with Gasteiger partial charge in [-0.05, 0) is 101 Å². The molecule has 4 aromatic rings. The summed E-state index contributed by atoms with van der Waals surface area (Å²) < 4.78 is 16.8. The van der Waals surface area contributed by atoms with E-state index in [0.717, 1.165) is 29.8 Å². The van der Waals surface area contributed by atoms with E-state index in [1.54, 1.807) is 23.1 Å². The largest absolute Gasteiger partial charge is 0.486 e. The summed E-state index contributed by atoms with van der Waals surface area (Å²) >= 11 is 14.6. The first-order valence-corrected chi connectivity index (χ1v) is 15.5. The maximum Gasteiger partial charge on any atom is 0.271 e. The number of aryl methyl sites for hydroxylation is 2. The number of carbonyl (C=O) groups excluding carboxylic acids is 1. The molecule has 43 heavy (non-hydrogen) atoms. The minimum Gasteiger partial charge on any atom is -0.486 e. The molecule has 6 rings (SSSR count). The Kier molecular flexibility index (Phi) is 8.66. The number of benzene rings is 4. The highest BCUT2D eigenvalue weighted by Gasteiger charge is 2.35. The SMILES string of the molecule is CCc1ccc(N=C2S/C(=C\c3cc(Cl)c(OCc4ccc5c(c4)OCO5)c(Cl)c3)C(=O)N2c2ccc(CC)cc2)cc1. The Balaban J connectivity index is 1.27. The molecular weight excluding hydrogens is 603 g/mol. The van der Waals surface area contributed by atoms with Crippen molar-refractivity contribution >= 4 is 63.5 Å². The molecule has 0 spiro atoms. The minimum absolute atomic E-state index is 0.173. The molecule has 0 radical (unpaired) electrons. The second-order valence-electron chi connectivity index (χ2n) is 9.98. The Morgan fingerprint density at radius 3 is 2.16 bits per heavy atom. The predicted octanol–water partition coefficient (Wildman–Crippen LogP) is 9.23. The number of fused-ring (bicyclic) bond motifs is 1. The van der Waals surface area contributed by atoms with Crippen LogP contribution in [0.1, 0.15) is 36.1 Å². The Labute approximate surface area is 264 Å². The quantitative estimate of drug-likeness (QED) is 0.182. The Bertz CT molecular complexity index is 1710. The fraction of sp³-hybridized carbons (Fsp3) is 0.176. The molecule has 4 aromatic carbocycles. The first-order chi connectivity index (χ1) is 20.9. The number of halogens is 2. The number of amides is 1. The summed E-state index contributed by atoms with van der Waals surface area (Å²) in [4.78, 5) is 20.8. The molecule has 6 nitrogen and oxygen atoms in total. The van der Waals surface area contributed by atoms with Crippen molar-refractivity contribution in [2.45, 2.75) is 33.3 Å². The molecule has 0 saturated carbocycles. The van der Waals surface area contributed by atoms with Crippen molar-refractivity contribution in [3.63, 3.8) is 0 Å². The van der Waals surface area contributed by atoms with Gasteiger partial charge in [0.15, 0.2) is 22.4 Å². The summed E-state index contributed by atoms with van der Waals surface area (Å²) in [6, 6.07) is 25.1. The molecule has 0 unspecified atom stereocenters. The van der Waals surface area contributed by atoms with Crippen LogP contribution in [0.3, 0.4) is 0 Å². The highest BCUT2D eigenvalue weighted by Crippen LogP contribution is 2.40. The monoisotopic (exact) mass is 630 g/mol. The number of anilines is 1. The zero-order valence-electron chi connectivity index (χ0n) is 23.6. The molecular formula is C34H28Cl2N2O4S. The molecule has 9 heteroatoms. The number of aliphatic imine (C=N–C) groups is 1. The van der Waals surface area contributed by atoms with Gasteiger partial charge in [0.25, 0.3) is 5.91 Å². The van der Waals surface area contributed by atoms with E-state index in [1.165, 1.54) is 22.9 Å². The number of ether oxygens (including phenoxy) is 3. The third-order valence-corrected chi connectivity index (χ3v) is 8.65. The van der Waals surface area contributed by atoms with Crippen LogP contribution >= 0.6 is 35.0 Å². The van der Waals surface area contributed by atoms with Crippen molar-refractivity contribution < 1.29 is 19.0 Å². The number of rotatable bonds is 8. The molecule has 0 atom stereocenters. The predicted molar refractivity (Wildman–Crippen MR) is 175 cm³/mol. The van der Waals surface area contributed by atoms with E-state index in [-0.39, 0.29) is 19.3 Å². The highest BCUT2D eigenvalue weighted by atomic mass is 35.5. The van der Waals surface area contributed by atoms with Crippen LogP contribution in [-0.4, -0.2) is 17.9 Å². The number of hydrogen-bond donors (Lipinski definition) is 0. The van der Waals surface area contributed by atoms with E-state index in [2.05, 4.69) is 26.0 Å². The van der Waals surface area contributed by atoms with Crippen molar-refractivity contribution in [2.75, 3.05) is 11.7 Å². The lowest BCUT2D eigenvalue weighted by Crippen LogP contribution is -2.28. The maximum atomic E-state index is 13.8. The van der Waals surface area contributed by atoms with Gasteiger partial charge in [-0.25, -0.2) is 4.99 Å². The smallest absolute Gasteiger partial charge is 0.271 e. The van der Waals surface area contributed by atoms with Crippen molar-refractivity contribution in [1.29, 1.82) is 0 Å². The summed E-state index contributed by atoms with van der Waals surface area (Å²) in [7, 11) is 0.